The summed E-state index contributed by atoms with van der Waals surface area (Å²) in [6, 6.07) is 5.90. The van der Waals surface area contributed by atoms with E-state index in [9.17, 15) is 14.4 Å². The predicted octanol–water partition coefficient (Wildman–Crippen LogP) is 1.17. The smallest absolute Gasteiger partial charge is 0.329 e. The van der Waals surface area contributed by atoms with Crippen LogP contribution in [0.4, 0.5) is 5.69 Å². The number of para-hydroxylation sites is 1. The maximum Gasteiger partial charge on any atom is 0.329 e. The third kappa shape index (κ3) is 1.88. The molecule has 5 nitrogen and oxygen atoms in total. The van der Waals surface area contributed by atoms with E-state index in [1.165, 1.54) is 18.9 Å². The van der Waals surface area contributed by atoms with E-state index in [0.29, 0.717) is 11.3 Å². The van der Waals surface area contributed by atoms with Gasteiger partial charge in [0, 0.05) is 18.9 Å². The van der Waals surface area contributed by atoms with Crippen LogP contribution in [0.25, 0.3) is 0 Å². The summed E-state index contributed by atoms with van der Waals surface area (Å²) in [4.78, 5) is 36.6. The highest BCUT2D eigenvalue weighted by atomic mass is 16.5. The van der Waals surface area contributed by atoms with Crippen molar-refractivity contribution in [2.75, 3.05) is 12.0 Å². The standard InChI is InChI=1S/C13H13NO4/c1-8(15)14-10-6-4-3-5-9(10)12(16)7-11(14)13(17)18-2/h3-6,11H,7H2,1-2H3. The normalized spacial score (nSPS) is 18.2. The Bertz CT molecular complexity index is 523. The number of ether oxygens (including phenoxy) is 1. The SMILES string of the molecule is COC(=O)C1CC(=O)c2ccccc2N1C(C)=O. The van der Waals surface area contributed by atoms with Gasteiger partial charge in [0.2, 0.25) is 5.91 Å². The van der Waals surface area contributed by atoms with Crippen molar-refractivity contribution in [2.45, 2.75) is 19.4 Å². The fraction of sp³-hybridized carbons (Fsp3) is 0.308. The molecule has 0 fully saturated rings. The highest BCUT2D eigenvalue weighted by molar-refractivity contribution is 6.12. The molecule has 0 N–H and O–H groups in total. The number of esters is 1. The molecule has 0 aromatic heterocycles. The van der Waals surface area contributed by atoms with Crippen LogP contribution in [0.3, 0.4) is 0 Å². The molecule has 94 valence electrons. The molecule has 2 rings (SSSR count). The molecule has 5 heteroatoms. The number of carbonyl (C=O) groups is 3. The summed E-state index contributed by atoms with van der Waals surface area (Å²) in [5, 5.41) is 0. The van der Waals surface area contributed by atoms with Crippen molar-refractivity contribution in [1.82, 2.24) is 0 Å². The second-order valence-electron chi connectivity index (χ2n) is 4.07. The molecule has 0 radical (unpaired) electrons. The van der Waals surface area contributed by atoms with Gasteiger partial charge in [-0.2, -0.15) is 0 Å². The summed E-state index contributed by atoms with van der Waals surface area (Å²) in [6.45, 7) is 1.36. The average Bonchev–Trinajstić information content (AvgIpc) is 2.37. The zero-order valence-corrected chi connectivity index (χ0v) is 10.2. The summed E-state index contributed by atoms with van der Waals surface area (Å²) >= 11 is 0. The first-order chi connectivity index (χ1) is 8.56. The van der Waals surface area contributed by atoms with Crippen molar-refractivity contribution >= 4 is 23.3 Å². The lowest BCUT2D eigenvalue weighted by molar-refractivity contribution is -0.143. The first-order valence-electron chi connectivity index (χ1n) is 5.56. The third-order valence-corrected chi connectivity index (χ3v) is 2.97. The van der Waals surface area contributed by atoms with Gasteiger partial charge in [0.15, 0.2) is 5.78 Å². The molecule has 1 aliphatic rings. The van der Waals surface area contributed by atoms with Crippen LogP contribution in [0, 0.1) is 0 Å². The van der Waals surface area contributed by atoms with Gasteiger partial charge >= 0.3 is 5.97 Å². The second-order valence-corrected chi connectivity index (χ2v) is 4.07. The van der Waals surface area contributed by atoms with E-state index in [4.69, 9.17) is 0 Å². The average molecular weight is 247 g/mol. The predicted molar refractivity (Wildman–Crippen MR) is 64.4 cm³/mol. The Labute approximate surface area is 104 Å². The number of amides is 1. The highest BCUT2D eigenvalue weighted by Gasteiger charge is 2.38. The molecule has 0 saturated heterocycles. The quantitative estimate of drug-likeness (QED) is 0.699. The minimum Gasteiger partial charge on any atom is -0.467 e. The summed E-state index contributed by atoms with van der Waals surface area (Å²) in [7, 11) is 1.24. The number of hydrogen-bond acceptors (Lipinski definition) is 4. The Hall–Kier alpha value is -2.17. The van der Waals surface area contributed by atoms with E-state index in [2.05, 4.69) is 4.74 Å². The van der Waals surface area contributed by atoms with Crippen LogP contribution in [0.1, 0.15) is 23.7 Å². The number of hydrogen-bond donors (Lipinski definition) is 0. The van der Waals surface area contributed by atoms with Gasteiger partial charge in [0.25, 0.3) is 0 Å². The number of methoxy groups -OCH3 is 1. The number of anilines is 1. The number of nitrogens with zero attached hydrogens (tertiary/aromatic N) is 1. The Kier molecular flexibility index (Phi) is 3.14. The van der Waals surface area contributed by atoms with Gasteiger partial charge in [0.05, 0.1) is 12.8 Å². The monoisotopic (exact) mass is 247 g/mol. The summed E-state index contributed by atoms with van der Waals surface area (Å²) < 4.78 is 4.65. The maximum atomic E-state index is 11.9. The minimum absolute atomic E-state index is 0.0384. The Balaban J connectivity index is 2.54. The van der Waals surface area contributed by atoms with E-state index in [-0.39, 0.29) is 18.1 Å². The Morgan fingerprint density at radius 2 is 2.00 bits per heavy atom. The van der Waals surface area contributed by atoms with Crippen molar-refractivity contribution in [1.29, 1.82) is 0 Å². The van der Waals surface area contributed by atoms with Gasteiger partial charge < -0.3 is 4.74 Å². The van der Waals surface area contributed by atoms with Crippen LogP contribution < -0.4 is 4.90 Å². The van der Waals surface area contributed by atoms with Gasteiger partial charge in [-0.25, -0.2) is 4.79 Å². The van der Waals surface area contributed by atoms with Gasteiger partial charge in [-0.3, -0.25) is 14.5 Å². The number of rotatable bonds is 1. The lowest BCUT2D eigenvalue weighted by atomic mass is 9.94. The summed E-state index contributed by atoms with van der Waals surface area (Å²) in [5.41, 5.74) is 0.935. The molecule has 1 aromatic rings. The molecular formula is C13H13NO4. The lowest BCUT2D eigenvalue weighted by Gasteiger charge is -2.33. The molecule has 0 saturated carbocycles. The molecule has 1 unspecified atom stereocenters. The van der Waals surface area contributed by atoms with Crippen LogP contribution in [0.2, 0.25) is 0 Å². The van der Waals surface area contributed by atoms with Crippen molar-refractivity contribution in [3.63, 3.8) is 0 Å². The Morgan fingerprint density at radius 3 is 2.61 bits per heavy atom. The summed E-state index contributed by atoms with van der Waals surface area (Å²) in [5.74, 6) is -1.02. The third-order valence-electron chi connectivity index (χ3n) is 2.97. The number of fused-ring (bicyclic) bond motifs is 1. The second kappa shape index (κ2) is 4.60. The van der Waals surface area contributed by atoms with Crippen LogP contribution in [-0.2, 0) is 14.3 Å². The molecule has 0 spiro atoms. The van der Waals surface area contributed by atoms with Crippen LogP contribution in [0.15, 0.2) is 24.3 Å². The van der Waals surface area contributed by atoms with Gasteiger partial charge in [-0.1, -0.05) is 12.1 Å². The molecule has 1 aromatic carbocycles. The Morgan fingerprint density at radius 1 is 1.33 bits per heavy atom. The molecule has 0 bridgehead atoms. The number of benzene rings is 1. The molecule has 1 aliphatic heterocycles. The highest BCUT2D eigenvalue weighted by Crippen LogP contribution is 2.31. The van der Waals surface area contributed by atoms with Crippen molar-refractivity contribution < 1.29 is 19.1 Å². The largest absolute Gasteiger partial charge is 0.467 e. The maximum absolute atomic E-state index is 11.9. The van der Waals surface area contributed by atoms with E-state index in [1.807, 2.05) is 0 Å². The van der Waals surface area contributed by atoms with Crippen LogP contribution in [0.5, 0.6) is 0 Å². The van der Waals surface area contributed by atoms with Crippen LogP contribution in [-0.4, -0.2) is 30.8 Å². The van der Waals surface area contributed by atoms with Crippen LogP contribution >= 0.6 is 0 Å². The first kappa shape index (κ1) is 12.3. The van der Waals surface area contributed by atoms with Gasteiger partial charge in [-0.15, -0.1) is 0 Å². The fourth-order valence-electron chi connectivity index (χ4n) is 2.18. The van der Waals surface area contributed by atoms with Crippen molar-refractivity contribution in [3.05, 3.63) is 29.8 Å². The number of Topliss-reactive ketones (excluding diaryl/α,β-unsaturated/α-hetero) is 1. The molecule has 18 heavy (non-hydrogen) atoms. The van der Waals surface area contributed by atoms with Gasteiger partial charge in [-0.05, 0) is 12.1 Å². The topological polar surface area (TPSA) is 63.7 Å². The van der Waals surface area contributed by atoms with Crippen molar-refractivity contribution in [3.8, 4) is 0 Å². The molecule has 1 amide bonds. The van der Waals surface area contributed by atoms with E-state index >= 15 is 0 Å². The van der Waals surface area contributed by atoms with Crippen molar-refractivity contribution in [2.24, 2.45) is 0 Å². The number of carbonyl (C=O) groups excluding carboxylic acids is 3. The zero-order valence-electron chi connectivity index (χ0n) is 10.2. The zero-order chi connectivity index (χ0) is 13.3. The molecule has 1 atom stereocenters. The number of ketones is 1. The van der Waals surface area contributed by atoms with E-state index < -0.39 is 12.0 Å². The van der Waals surface area contributed by atoms with E-state index in [0.717, 1.165) is 0 Å². The first-order valence-corrected chi connectivity index (χ1v) is 5.56. The lowest BCUT2D eigenvalue weighted by Crippen LogP contribution is -2.49. The molecular weight excluding hydrogens is 234 g/mol. The summed E-state index contributed by atoms with van der Waals surface area (Å²) in [6.07, 6.45) is -0.0384. The van der Waals surface area contributed by atoms with E-state index in [1.54, 1.807) is 24.3 Å². The molecule has 1 heterocycles. The fourth-order valence-corrected chi connectivity index (χ4v) is 2.18. The van der Waals surface area contributed by atoms with Gasteiger partial charge in [0.1, 0.15) is 6.04 Å². The minimum atomic E-state index is -0.866. The molecule has 0 aliphatic carbocycles.